The van der Waals surface area contributed by atoms with E-state index in [4.69, 9.17) is 0 Å². The van der Waals surface area contributed by atoms with E-state index in [1.165, 1.54) is 32.4 Å². The number of hydrogen-bond acceptors (Lipinski definition) is 1. The van der Waals surface area contributed by atoms with Gasteiger partial charge in [-0.1, -0.05) is 70.5 Å². The topological polar surface area (TPSA) is 3.24 Å². The maximum atomic E-state index is 2.39. The highest BCUT2D eigenvalue weighted by atomic mass is 15.1. The average Bonchev–Trinajstić information content (AvgIpc) is 2.47. The maximum Gasteiger partial charge on any atom is -0.00218 e. The summed E-state index contributed by atoms with van der Waals surface area (Å²) in [4.78, 5) is 2.39. The van der Waals surface area contributed by atoms with Gasteiger partial charge in [-0.25, -0.2) is 0 Å². The van der Waals surface area contributed by atoms with Gasteiger partial charge < -0.3 is 4.90 Å². The van der Waals surface area contributed by atoms with Crippen LogP contribution < -0.4 is 0 Å². The van der Waals surface area contributed by atoms with E-state index < -0.39 is 0 Å². The maximum absolute atomic E-state index is 2.39. The minimum atomic E-state index is 1.32. The predicted octanol–water partition coefficient (Wildman–Crippen LogP) is 4.84. The molecule has 0 N–H and O–H groups in total. The van der Waals surface area contributed by atoms with Gasteiger partial charge in [0.1, 0.15) is 0 Å². The second-order valence-electron chi connectivity index (χ2n) is 3.52. The van der Waals surface area contributed by atoms with E-state index in [0.717, 1.165) is 0 Å². The molecule has 0 atom stereocenters. The first kappa shape index (κ1) is 18.5. The Hall–Kier alpha value is -0.820. The molecule has 2 rings (SSSR count). The van der Waals surface area contributed by atoms with Gasteiger partial charge >= 0.3 is 0 Å². The van der Waals surface area contributed by atoms with Gasteiger partial charge in [-0.2, -0.15) is 0 Å². The minimum absolute atomic E-state index is 1.32. The Bertz CT molecular complexity index is 163. The van der Waals surface area contributed by atoms with E-state index in [0.29, 0.717) is 0 Å². The Labute approximate surface area is 109 Å². The lowest BCUT2D eigenvalue weighted by atomic mass is 10.1. The van der Waals surface area contributed by atoms with Crippen molar-refractivity contribution in [2.24, 2.45) is 0 Å². The number of rotatable bonds is 0. The number of likely N-dealkylation sites (tertiary alicyclic amines) is 1. The molecular formula is C16H31N. The Morgan fingerprint density at radius 1 is 0.588 bits per heavy atom. The van der Waals surface area contributed by atoms with Crippen LogP contribution in [0.1, 0.15) is 47.0 Å². The molecule has 0 aliphatic carbocycles. The molecule has 1 fully saturated rings. The van der Waals surface area contributed by atoms with Crippen LogP contribution in [0.5, 0.6) is 0 Å². The third kappa shape index (κ3) is 15.2. The molecular weight excluding hydrogens is 206 g/mol. The van der Waals surface area contributed by atoms with Gasteiger partial charge in [0.15, 0.2) is 0 Å². The number of benzene rings is 1. The van der Waals surface area contributed by atoms with Crippen LogP contribution in [-0.4, -0.2) is 25.0 Å². The molecule has 0 unspecified atom stereocenters. The molecule has 0 spiro atoms. The number of piperidine rings is 1. The lowest BCUT2D eigenvalue weighted by Crippen LogP contribution is -2.24. The zero-order valence-corrected chi connectivity index (χ0v) is 12.4. The molecule has 0 aromatic heterocycles. The Morgan fingerprint density at radius 2 is 0.882 bits per heavy atom. The highest BCUT2D eigenvalue weighted by Crippen LogP contribution is 2.04. The molecule has 0 bridgehead atoms. The normalized spacial score (nSPS) is 13.9. The molecule has 1 saturated heterocycles. The van der Waals surface area contributed by atoms with Crippen LogP contribution in [0.3, 0.4) is 0 Å². The lowest BCUT2D eigenvalue weighted by molar-refractivity contribution is 0.277. The summed E-state index contributed by atoms with van der Waals surface area (Å²) < 4.78 is 0. The average molecular weight is 237 g/mol. The van der Waals surface area contributed by atoms with Gasteiger partial charge in [-0.3, -0.25) is 0 Å². The van der Waals surface area contributed by atoms with Crippen molar-refractivity contribution < 1.29 is 0 Å². The predicted molar refractivity (Wildman–Crippen MR) is 80.5 cm³/mol. The largest absolute Gasteiger partial charge is 0.306 e. The van der Waals surface area contributed by atoms with Crippen LogP contribution in [0.25, 0.3) is 0 Å². The molecule has 1 aliphatic heterocycles. The Kier molecular flexibility index (Phi) is 19.2. The summed E-state index contributed by atoms with van der Waals surface area (Å²) >= 11 is 0. The lowest BCUT2D eigenvalue weighted by Gasteiger charge is -2.20. The fraction of sp³-hybridized carbons (Fsp3) is 0.625. The van der Waals surface area contributed by atoms with E-state index in [9.17, 15) is 0 Å². The summed E-state index contributed by atoms with van der Waals surface area (Å²) in [5.41, 5.74) is 0. The second-order valence-corrected chi connectivity index (χ2v) is 3.52. The van der Waals surface area contributed by atoms with Gasteiger partial charge in [-0.05, 0) is 33.0 Å². The van der Waals surface area contributed by atoms with Gasteiger partial charge in [-0.15, -0.1) is 0 Å². The highest BCUT2D eigenvalue weighted by molar-refractivity contribution is 4.99. The molecule has 0 amide bonds. The van der Waals surface area contributed by atoms with E-state index in [1.807, 2.05) is 64.1 Å². The van der Waals surface area contributed by atoms with Crippen LogP contribution >= 0.6 is 0 Å². The third-order valence-corrected chi connectivity index (χ3v) is 2.25. The molecule has 1 heteroatoms. The Morgan fingerprint density at radius 3 is 1.06 bits per heavy atom. The monoisotopic (exact) mass is 237 g/mol. The fourth-order valence-corrected chi connectivity index (χ4v) is 1.44. The Balaban J connectivity index is 0. The van der Waals surface area contributed by atoms with Gasteiger partial charge in [0.25, 0.3) is 0 Å². The summed E-state index contributed by atoms with van der Waals surface area (Å²) in [7, 11) is 2.19. The summed E-state index contributed by atoms with van der Waals surface area (Å²) in [6, 6.07) is 12.0. The zero-order chi connectivity index (χ0) is 13.4. The van der Waals surface area contributed by atoms with Gasteiger partial charge in [0.2, 0.25) is 0 Å². The molecule has 17 heavy (non-hydrogen) atoms. The number of nitrogens with zero attached hydrogens (tertiary/aromatic N) is 1. The highest BCUT2D eigenvalue weighted by Gasteiger charge is 2.02. The van der Waals surface area contributed by atoms with Gasteiger partial charge in [0, 0.05) is 0 Å². The zero-order valence-electron chi connectivity index (χ0n) is 12.4. The van der Waals surface area contributed by atoms with E-state index in [1.54, 1.807) is 0 Å². The summed E-state index contributed by atoms with van der Waals surface area (Å²) in [6.07, 6.45) is 4.28. The van der Waals surface area contributed by atoms with Crippen molar-refractivity contribution in [2.45, 2.75) is 47.0 Å². The molecule has 1 heterocycles. The van der Waals surface area contributed by atoms with E-state index in [2.05, 4.69) is 11.9 Å². The van der Waals surface area contributed by atoms with Crippen LogP contribution in [0.4, 0.5) is 0 Å². The molecule has 1 aliphatic rings. The minimum Gasteiger partial charge on any atom is -0.306 e. The molecule has 1 aromatic carbocycles. The molecule has 100 valence electrons. The molecule has 0 saturated carbocycles. The van der Waals surface area contributed by atoms with Crippen molar-refractivity contribution in [3.8, 4) is 0 Å². The van der Waals surface area contributed by atoms with Crippen molar-refractivity contribution in [1.29, 1.82) is 0 Å². The van der Waals surface area contributed by atoms with E-state index >= 15 is 0 Å². The van der Waals surface area contributed by atoms with Crippen molar-refractivity contribution in [2.75, 3.05) is 20.1 Å². The molecule has 1 aromatic rings. The van der Waals surface area contributed by atoms with E-state index in [-0.39, 0.29) is 0 Å². The van der Waals surface area contributed by atoms with Crippen LogP contribution in [0, 0.1) is 0 Å². The first-order valence-electron chi connectivity index (χ1n) is 7.08. The standard InChI is InChI=1S/C6H13N.C6H6.2C2H6/c1-7-5-3-2-4-6-7;1-2-4-6-5-3-1;2*1-2/h2-6H2,1H3;1-6H;2*1-2H3. The first-order valence-corrected chi connectivity index (χ1v) is 7.08. The van der Waals surface area contributed by atoms with Crippen LogP contribution in [0.15, 0.2) is 36.4 Å². The second kappa shape index (κ2) is 17.6. The quantitative estimate of drug-likeness (QED) is 0.624. The summed E-state index contributed by atoms with van der Waals surface area (Å²) in [5, 5.41) is 0. The van der Waals surface area contributed by atoms with Crippen molar-refractivity contribution in [3.63, 3.8) is 0 Å². The smallest absolute Gasteiger partial charge is 0.00218 e. The summed E-state index contributed by atoms with van der Waals surface area (Å²) in [5.74, 6) is 0. The first-order chi connectivity index (χ1) is 8.39. The van der Waals surface area contributed by atoms with Crippen molar-refractivity contribution >= 4 is 0 Å². The van der Waals surface area contributed by atoms with Crippen molar-refractivity contribution in [3.05, 3.63) is 36.4 Å². The fourth-order valence-electron chi connectivity index (χ4n) is 1.44. The van der Waals surface area contributed by atoms with Crippen LogP contribution in [0.2, 0.25) is 0 Å². The molecule has 1 nitrogen and oxygen atoms in total. The van der Waals surface area contributed by atoms with Gasteiger partial charge in [0.05, 0.1) is 0 Å². The number of hydrogen-bond donors (Lipinski definition) is 0. The SMILES string of the molecule is CC.CC.CN1CCCCC1.c1ccccc1. The summed E-state index contributed by atoms with van der Waals surface area (Å²) in [6.45, 7) is 10.6. The molecule has 0 radical (unpaired) electrons. The third-order valence-electron chi connectivity index (χ3n) is 2.25. The van der Waals surface area contributed by atoms with Crippen LogP contribution in [-0.2, 0) is 0 Å². The van der Waals surface area contributed by atoms with Crippen molar-refractivity contribution in [1.82, 2.24) is 4.90 Å².